The zero-order chi connectivity index (χ0) is 15.9. The highest BCUT2D eigenvalue weighted by atomic mass is 16.5. The van der Waals surface area contributed by atoms with Gasteiger partial charge in [-0.25, -0.2) is 0 Å². The van der Waals surface area contributed by atoms with Crippen molar-refractivity contribution in [3.8, 4) is 5.75 Å². The Labute approximate surface area is 130 Å². The van der Waals surface area contributed by atoms with Gasteiger partial charge < -0.3 is 20.3 Å². The molecule has 0 saturated heterocycles. The Hall–Kier alpha value is -2.08. The van der Waals surface area contributed by atoms with Crippen LogP contribution in [-0.2, 0) is 9.59 Å². The molecular formula is C16H23N3O3. The van der Waals surface area contributed by atoms with Gasteiger partial charge in [-0.1, -0.05) is 6.07 Å². The van der Waals surface area contributed by atoms with Crippen LogP contribution in [0.1, 0.15) is 12.8 Å². The molecule has 1 aromatic rings. The van der Waals surface area contributed by atoms with Gasteiger partial charge in [-0.3, -0.25) is 9.59 Å². The van der Waals surface area contributed by atoms with Crippen LogP contribution in [0.25, 0.3) is 0 Å². The molecule has 0 spiro atoms. The second-order valence-corrected chi connectivity index (χ2v) is 5.50. The van der Waals surface area contributed by atoms with Crippen LogP contribution in [0.5, 0.6) is 5.75 Å². The van der Waals surface area contributed by atoms with Crippen molar-refractivity contribution in [3.63, 3.8) is 0 Å². The Morgan fingerprint density at radius 1 is 1.36 bits per heavy atom. The lowest BCUT2D eigenvalue weighted by atomic mass is 10.3. The van der Waals surface area contributed by atoms with E-state index in [1.165, 1.54) is 0 Å². The number of hydrogen-bond acceptors (Lipinski definition) is 4. The van der Waals surface area contributed by atoms with E-state index in [1.54, 1.807) is 30.1 Å². The Morgan fingerprint density at radius 2 is 2.14 bits per heavy atom. The molecule has 1 aromatic carbocycles. The third-order valence-electron chi connectivity index (χ3n) is 3.53. The standard InChI is InChI=1S/C16H23N3O3/c1-17-8-9-19(2)15(20)11-22-14-5-3-4-13(10-14)18-16(21)12-6-7-12/h3-5,10,12,17H,6-9,11H2,1-2H3,(H,18,21). The van der Waals surface area contributed by atoms with Crippen LogP contribution in [-0.4, -0.2) is 50.5 Å². The normalized spacial score (nSPS) is 13.5. The summed E-state index contributed by atoms with van der Waals surface area (Å²) in [4.78, 5) is 25.2. The lowest BCUT2D eigenvalue weighted by Crippen LogP contribution is -2.35. The summed E-state index contributed by atoms with van der Waals surface area (Å²) in [5, 5.41) is 5.85. The van der Waals surface area contributed by atoms with E-state index in [4.69, 9.17) is 4.74 Å². The van der Waals surface area contributed by atoms with Crippen LogP contribution in [0.15, 0.2) is 24.3 Å². The van der Waals surface area contributed by atoms with Gasteiger partial charge >= 0.3 is 0 Å². The van der Waals surface area contributed by atoms with Crippen LogP contribution in [0.3, 0.4) is 0 Å². The van der Waals surface area contributed by atoms with E-state index in [0.29, 0.717) is 18.0 Å². The number of nitrogens with zero attached hydrogens (tertiary/aromatic N) is 1. The fourth-order valence-electron chi connectivity index (χ4n) is 1.91. The minimum absolute atomic E-state index is 0.0137. The Balaban J connectivity index is 1.82. The molecule has 2 rings (SSSR count). The molecule has 1 aliphatic carbocycles. The zero-order valence-corrected chi connectivity index (χ0v) is 13.1. The molecule has 1 aliphatic rings. The molecular weight excluding hydrogens is 282 g/mol. The number of ether oxygens (including phenoxy) is 1. The van der Waals surface area contributed by atoms with Crippen molar-refractivity contribution in [2.45, 2.75) is 12.8 Å². The summed E-state index contributed by atoms with van der Waals surface area (Å²) < 4.78 is 5.50. The Morgan fingerprint density at radius 3 is 2.82 bits per heavy atom. The van der Waals surface area contributed by atoms with Crippen LogP contribution < -0.4 is 15.4 Å². The molecule has 2 N–H and O–H groups in total. The highest BCUT2D eigenvalue weighted by molar-refractivity contribution is 5.94. The highest BCUT2D eigenvalue weighted by Gasteiger charge is 2.29. The van der Waals surface area contributed by atoms with E-state index >= 15 is 0 Å². The van der Waals surface area contributed by atoms with Gasteiger partial charge in [0.2, 0.25) is 5.91 Å². The number of benzene rings is 1. The maximum absolute atomic E-state index is 11.9. The average molecular weight is 305 g/mol. The van der Waals surface area contributed by atoms with Gasteiger partial charge in [0.15, 0.2) is 6.61 Å². The van der Waals surface area contributed by atoms with E-state index in [1.807, 2.05) is 13.1 Å². The Bertz CT molecular complexity index is 529. The van der Waals surface area contributed by atoms with Crippen LogP contribution in [0.2, 0.25) is 0 Å². The fourth-order valence-corrected chi connectivity index (χ4v) is 1.91. The van der Waals surface area contributed by atoms with Crippen molar-refractivity contribution >= 4 is 17.5 Å². The minimum Gasteiger partial charge on any atom is -0.484 e. The smallest absolute Gasteiger partial charge is 0.260 e. The number of hydrogen-bond donors (Lipinski definition) is 2. The zero-order valence-electron chi connectivity index (χ0n) is 13.1. The van der Waals surface area contributed by atoms with E-state index in [2.05, 4.69) is 10.6 Å². The summed E-state index contributed by atoms with van der Waals surface area (Å²) in [6.07, 6.45) is 1.94. The number of carbonyl (C=O) groups is 2. The first-order chi connectivity index (χ1) is 10.6. The first-order valence-electron chi connectivity index (χ1n) is 7.52. The van der Waals surface area contributed by atoms with Crippen molar-refractivity contribution in [1.29, 1.82) is 0 Å². The first kappa shape index (κ1) is 16.3. The predicted octanol–water partition coefficient (Wildman–Crippen LogP) is 1.09. The number of rotatable bonds is 8. The summed E-state index contributed by atoms with van der Waals surface area (Å²) in [6.45, 7) is 1.36. The summed E-state index contributed by atoms with van der Waals surface area (Å²) in [5.74, 6) is 0.707. The lowest BCUT2D eigenvalue weighted by molar-refractivity contribution is -0.132. The van der Waals surface area contributed by atoms with Gasteiger partial charge in [-0.05, 0) is 32.0 Å². The van der Waals surface area contributed by atoms with Gasteiger partial charge in [0.25, 0.3) is 5.91 Å². The molecule has 6 nitrogen and oxygen atoms in total. The van der Waals surface area contributed by atoms with E-state index in [0.717, 1.165) is 19.4 Å². The lowest BCUT2D eigenvalue weighted by Gasteiger charge is -2.17. The summed E-state index contributed by atoms with van der Waals surface area (Å²) >= 11 is 0. The fraction of sp³-hybridized carbons (Fsp3) is 0.500. The molecule has 1 saturated carbocycles. The summed E-state index contributed by atoms with van der Waals surface area (Å²) in [5.41, 5.74) is 0.699. The second-order valence-electron chi connectivity index (χ2n) is 5.50. The molecule has 0 bridgehead atoms. The van der Waals surface area contributed by atoms with Crippen LogP contribution in [0, 0.1) is 5.92 Å². The minimum atomic E-state index is -0.0809. The molecule has 120 valence electrons. The number of nitrogens with one attached hydrogen (secondary N) is 2. The largest absolute Gasteiger partial charge is 0.484 e. The number of amides is 2. The topological polar surface area (TPSA) is 70.7 Å². The van der Waals surface area contributed by atoms with Gasteiger partial charge in [0.1, 0.15) is 5.75 Å². The third-order valence-corrected chi connectivity index (χ3v) is 3.53. The van der Waals surface area contributed by atoms with Crippen molar-refractivity contribution in [3.05, 3.63) is 24.3 Å². The second kappa shape index (κ2) is 7.79. The molecule has 0 aliphatic heterocycles. The van der Waals surface area contributed by atoms with E-state index in [9.17, 15) is 9.59 Å². The van der Waals surface area contributed by atoms with Crippen LogP contribution in [0.4, 0.5) is 5.69 Å². The molecule has 0 aromatic heterocycles. The molecule has 1 fully saturated rings. The van der Waals surface area contributed by atoms with Crippen molar-refractivity contribution < 1.29 is 14.3 Å². The average Bonchev–Trinajstić information content (AvgIpc) is 3.35. The molecule has 0 unspecified atom stereocenters. The number of anilines is 1. The maximum atomic E-state index is 11.9. The third kappa shape index (κ3) is 5.04. The van der Waals surface area contributed by atoms with Gasteiger partial charge in [-0.2, -0.15) is 0 Å². The van der Waals surface area contributed by atoms with Gasteiger partial charge in [-0.15, -0.1) is 0 Å². The van der Waals surface area contributed by atoms with Crippen molar-refractivity contribution in [1.82, 2.24) is 10.2 Å². The SMILES string of the molecule is CNCCN(C)C(=O)COc1cccc(NC(=O)C2CC2)c1. The quantitative estimate of drug-likeness (QED) is 0.754. The van der Waals surface area contributed by atoms with Gasteiger partial charge in [0, 0.05) is 37.8 Å². The Kier molecular flexibility index (Phi) is 5.77. The highest BCUT2D eigenvalue weighted by Crippen LogP contribution is 2.30. The van der Waals surface area contributed by atoms with E-state index in [-0.39, 0.29) is 24.3 Å². The first-order valence-corrected chi connectivity index (χ1v) is 7.52. The number of likely N-dealkylation sites (N-methyl/N-ethyl adjacent to an activating group) is 2. The van der Waals surface area contributed by atoms with Crippen molar-refractivity contribution in [2.24, 2.45) is 5.92 Å². The molecule has 2 amide bonds. The van der Waals surface area contributed by atoms with Crippen molar-refractivity contribution in [2.75, 3.05) is 39.1 Å². The monoisotopic (exact) mass is 305 g/mol. The predicted molar refractivity (Wildman–Crippen MR) is 84.9 cm³/mol. The molecule has 0 heterocycles. The molecule has 22 heavy (non-hydrogen) atoms. The summed E-state index contributed by atoms with van der Waals surface area (Å²) in [6, 6.07) is 7.12. The van der Waals surface area contributed by atoms with Crippen LogP contribution >= 0.6 is 0 Å². The molecule has 6 heteroatoms. The van der Waals surface area contributed by atoms with Gasteiger partial charge in [0.05, 0.1) is 0 Å². The maximum Gasteiger partial charge on any atom is 0.260 e. The summed E-state index contributed by atoms with van der Waals surface area (Å²) in [7, 11) is 3.59. The van der Waals surface area contributed by atoms with E-state index < -0.39 is 0 Å². The molecule has 0 radical (unpaired) electrons. The molecule has 0 atom stereocenters. The number of carbonyl (C=O) groups excluding carboxylic acids is 2.